The molecule has 0 radical (unpaired) electrons. The molecule has 27 heteroatoms. The second-order valence-electron chi connectivity index (χ2n) is 18.9. The molecule has 4 amide bonds. The molecule has 2 heterocycles. The Labute approximate surface area is 436 Å². The molecular weight excluding hydrogens is 1040 g/mol. The Kier molecular flexibility index (Phi) is 21.3. The number of ether oxygens (including phenoxy) is 3. The molecule has 3 aromatic rings. The Bertz CT molecular complexity index is 2630. The first kappa shape index (κ1) is 62.4. The molecular formula is C50H59F10N9O8. The van der Waals surface area contributed by atoms with Crippen LogP contribution in [0.1, 0.15) is 69.4 Å². The third-order valence-corrected chi connectivity index (χ3v) is 12.4. The number of carbonyl (C=O) groups excluding carboxylic acids is 4. The number of rotatable bonds is 19. The molecule has 4 rings (SSSR count). The minimum atomic E-state index is -5.24. The topological polar surface area (TPSA) is 222 Å². The maximum atomic E-state index is 16.0. The number of morpholine rings is 1. The van der Waals surface area contributed by atoms with Crippen molar-refractivity contribution < 1.29 is 82.4 Å². The van der Waals surface area contributed by atoms with Crippen LogP contribution in [0, 0.1) is 34.3 Å². The number of alkyl carbamates (subject to hydrolysis) is 2. The maximum Gasteiger partial charge on any atom is 0.407 e. The minimum Gasteiger partial charge on any atom is -0.453 e. The maximum absolute atomic E-state index is 16.0. The summed E-state index contributed by atoms with van der Waals surface area (Å²) in [7, 11) is 1.58. The number of allylic oxidation sites excluding steroid dienone is 1. The number of aromatic nitrogens is 1. The molecule has 17 nitrogen and oxygen atoms in total. The van der Waals surface area contributed by atoms with Crippen LogP contribution < -0.4 is 32.0 Å². The lowest BCUT2D eigenvalue weighted by Crippen LogP contribution is -2.63. The van der Waals surface area contributed by atoms with Crippen LogP contribution in [0.25, 0.3) is 5.57 Å². The number of benzene rings is 2. The van der Waals surface area contributed by atoms with Crippen molar-refractivity contribution in [3.63, 3.8) is 0 Å². The first-order valence-electron chi connectivity index (χ1n) is 23.4. The summed E-state index contributed by atoms with van der Waals surface area (Å²) in [5.41, 5.74) is 0.732. The van der Waals surface area contributed by atoms with Gasteiger partial charge in [-0.25, -0.2) is 33.4 Å². The number of hydrogen-bond acceptors (Lipinski definition) is 13. The largest absolute Gasteiger partial charge is 0.453 e. The lowest BCUT2D eigenvalue weighted by molar-refractivity contribution is -0.221. The van der Waals surface area contributed by atoms with E-state index in [4.69, 9.17) is 10.5 Å². The van der Waals surface area contributed by atoms with Crippen molar-refractivity contribution in [2.24, 2.45) is 21.6 Å². The molecule has 1 aliphatic heterocycles. The molecule has 6 atom stereocenters. The van der Waals surface area contributed by atoms with Gasteiger partial charge in [-0.1, -0.05) is 24.0 Å². The number of aliphatic hydroxyl groups is 1. The molecule has 1 aliphatic rings. The molecule has 2 aromatic carbocycles. The van der Waals surface area contributed by atoms with Crippen molar-refractivity contribution in [3.05, 3.63) is 100 Å². The quantitative estimate of drug-likeness (QED) is 0.0249. The summed E-state index contributed by atoms with van der Waals surface area (Å²) in [5.74, 6) is 0.462. The summed E-state index contributed by atoms with van der Waals surface area (Å²) in [6.07, 6.45) is -13.3. The first-order valence-corrected chi connectivity index (χ1v) is 23.4. The third kappa shape index (κ3) is 16.9. The normalized spacial score (nSPS) is 17.2. The number of nitrogens with two attached hydrogens (primary N) is 1. The number of amides is 4. The Morgan fingerprint density at radius 1 is 0.844 bits per heavy atom. The highest BCUT2D eigenvalue weighted by Crippen LogP contribution is 2.42. The number of pyridine rings is 1. The zero-order valence-electron chi connectivity index (χ0n) is 42.9. The molecule has 0 saturated carbocycles. The van der Waals surface area contributed by atoms with Crippen LogP contribution in [-0.2, 0) is 36.8 Å². The van der Waals surface area contributed by atoms with Crippen LogP contribution >= 0.6 is 0 Å². The molecule has 0 aliphatic carbocycles. The highest BCUT2D eigenvalue weighted by Gasteiger charge is 2.57. The number of anilines is 1. The second kappa shape index (κ2) is 26.2. The number of aliphatic hydroxyl groups excluding tert-OH is 1. The molecule has 1 aromatic heterocycles. The van der Waals surface area contributed by atoms with E-state index in [1.54, 1.807) is 17.6 Å². The van der Waals surface area contributed by atoms with Crippen molar-refractivity contribution in [3.8, 4) is 11.8 Å². The van der Waals surface area contributed by atoms with Crippen LogP contribution in [-0.4, -0.2) is 135 Å². The zero-order chi connectivity index (χ0) is 57.8. The summed E-state index contributed by atoms with van der Waals surface area (Å²) in [6.45, 7) is 1.83. The molecule has 0 unspecified atom stereocenters. The summed E-state index contributed by atoms with van der Waals surface area (Å²) in [4.78, 5) is 62.1. The Morgan fingerprint density at radius 3 is 1.82 bits per heavy atom. The zero-order valence-corrected chi connectivity index (χ0v) is 42.9. The summed E-state index contributed by atoms with van der Waals surface area (Å²) >= 11 is 0. The predicted octanol–water partition coefficient (Wildman–Crippen LogP) is 6.51. The van der Waals surface area contributed by atoms with Gasteiger partial charge in [0, 0.05) is 67.1 Å². The standard InChI is InChI=1S/C50H59F10N9O8/c1-27-23-68(24-28(2)77-27)39-16-15-31(21-62-39)14-11-29-9-12-30(13-10-29)17-37(64-42(71)40(65-45(73)75-7)47(3,4)49(55,56)57)38(70)26-69(67-43(72)41(66-46(74)76-8)48(5,6)50(58,59)60)25-34-35(51)18-32(19-36(34)52)33(20-61)22-63-44(53)54/h9-10,12-13,15-16,18-22,27-28,37-38,40-41,44,70H,17,23-26,61H2,1-8H3,(H,64,71)(H,65,73)(H,66,74)(H,67,72)/t27-,28+,37-,38-,40+,41+/m0/s1. The average molecular weight is 1100 g/mol. The number of alkyl halides is 8. The Hall–Kier alpha value is -7.18. The van der Waals surface area contributed by atoms with E-state index in [2.05, 4.69) is 41.5 Å². The van der Waals surface area contributed by atoms with E-state index in [0.29, 0.717) is 81.5 Å². The van der Waals surface area contributed by atoms with Gasteiger partial charge in [0.1, 0.15) is 29.5 Å². The molecule has 422 valence electrons. The van der Waals surface area contributed by atoms with Gasteiger partial charge in [0.15, 0.2) is 0 Å². The van der Waals surface area contributed by atoms with Gasteiger partial charge < -0.3 is 45.9 Å². The van der Waals surface area contributed by atoms with Crippen molar-refractivity contribution in [1.29, 1.82) is 0 Å². The van der Waals surface area contributed by atoms with Crippen molar-refractivity contribution in [2.75, 3.05) is 38.8 Å². The van der Waals surface area contributed by atoms with E-state index in [0.717, 1.165) is 20.0 Å². The molecule has 0 bridgehead atoms. The van der Waals surface area contributed by atoms with Crippen LogP contribution in [0.2, 0.25) is 0 Å². The fraction of sp³-hybridized carbons (Fsp3) is 0.480. The number of aliphatic imine (C=N–C) groups is 1. The number of nitrogens with zero attached hydrogens (tertiary/aromatic N) is 4. The number of hydrogen-bond donors (Lipinski definition) is 6. The smallest absolute Gasteiger partial charge is 0.407 e. The number of nitrogens with one attached hydrogen (secondary N) is 4. The molecule has 0 spiro atoms. The molecule has 77 heavy (non-hydrogen) atoms. The van der Waals surface area contributed by atoms with Crippen LogP contribution in [0.5, 0.6) is 0 Å². The van der Waals surface area contributed by atoms with Gasteiger partial charge in [-0.05, 0) is 95.5 Å². The van der Waals surface area contributed by atoms with Gasteiger partial charge in [-0.15, -0.1) is 0 Å². The van der Waals surface area contributed by atoms with E-state index in [1.807, 2.05) is 30.7 Å². The fourth-order valence-electron chi connectivity index (χ4n) is 7.70. The third-order valence-electron chi connectivity index (χ3n) is 12.4. The lowest BCUT2D eigenvalue weighted by Gasteiger charge is -2.38. The van der Waals surface area contributed by atoms with E-state index in [9.17, 15) is 59.4 Å². The van der Waals surface area contributed by atoms with Gasteiger partial charge in [0.25, 0.3) is 5.91 Å². The fourth-order valence-corrected chi connectivity index (χ4v) is 7.70. The number of hydrazine groups is 1. The molecule has 7 N–H and O–H groups in total. The summed E-state index contributed by atoms with van der Waals surface area (Å²) < 4.78 is 159. The van der Waals surface area contributed by atoms with Gasteiger partial charge in [0.05, 0.1) is 49.4 Å². The minimum absolute atomic E-state index is 0.00473. The Morgan fingerprint density at radius 2 is 1.35 bits per heavy atom. The monoisotopic (exact) mass is 1100 g/mol. The van der Waals surface area contributed by atoms with Gasteiger partial charge >= 0.3 is 31.1 Å². The van der Waals surface area contributed by atoms with E-state index >= 15 is 8.78 Å². The van der Waals surface area contributed by atoms with Crippen LogP contribution in [0.4, 0.5) is 59.3 Å². The van der Waals surface area contributed by atoms with E-state index < -0.39 is 126 Å². The van der Waals surface area contributed by atoms with Gasteiger partial charge in [0.2, 0.25) is 5.91 Å². The SMILES string of the molecule is COC(=O)N[C@H](C(=O)N[C@@H](Cc1ccc(C#Cc2ccc(N3C[C@@H](C)O[C@@H](C)C3)nc2)cc1)[C@@H](O)CN(Cc1c(F)cc(C(C=NC(F)F)=CN)cc1F)NC(=O)[C@@H](NC(=O)OC)C(C)(C)C(F)(F)F)C(C)(C)C(F)(F)F. The van der Waals surface area contributed by atoms with Gasteiger partial charge in [-0.3, -0.25) is 15.0 Å². The Balaban J connectivity index is 1.80. The highest BCUT2D eigenvalue weighted by molar-refractivity contribution is 6.09. The summed E-state index contributed by atoms with van der Waals surface area (Å²) in [6, 6.07) is 3.91. The van der Waals surface area contributed by atoms with Crippen molar-refractivity contribution in [1.82, 2.24) is 31.4 Å². The number of halogens is 10. The number of methoxy groups -OCH3 is 2. The second-order valence-corrected chi connectivity index (χ2v) is 18.9. The molecule has 1 fully saturated rings. The first-order chi connectivity index (χ1) is 35.8. The number of carbonyl (C=O) groups is 4. The van der Waals surface area contributed by atoms with Crippen LogP contribution in [0.15, 0.2) is 65.9 Å². The van der Waals surface area contributed by atoms with Crippen molar-refractivity contribution in [2.45, 2.75) is 110 Å². The summed E-state index contributed by atoms with van der Waals surface area (Å²) in [5, 5.41) is 18.4. The highest BCUT2D eigenvalue weighted by atomic mass is 19.4. The predicted molar refractivity (Wildman–Crippen MR) is 260 cm³/mol. The van der Waals surface area contributed by atoms with Crippen LogP contribution in [0.3, 0.4) is 0 Å². The van der Waals surface area contributed by atoms with Crippen molar-refractivity contribution >= 4 is 41.6 Å². The average Bonchev–Trinajstić information content (AvgIpc) is 3.34. The van der Waals surface area contributed by atoms with E-state index in [-0.39, 0.29) is 17.8 Å². The lowest BCUT2D eigenvalue weighted by atomic mass is 9.82. The van der Waals surface area contributed by atoms with Gasteiger partial charge in [-0.2, -0.15) is 35.1 Å². The van der Waals surface area contributed by atoms with E-state index in [1.165, 1.54) is 24.3 Å². The molecule has 1 saturated heterocycles.